The van der Waals surface area contributed by atoms with Crippen LogP contribution in [0.4, 0.5) is 11.6 Å². The Labute approximate surface area is 247 Å². The number of amides is 1. The molecule has 218 valence electrons. The van der Waals surface area contributed by atoms with Crippen LogP contribution in [0.15, 0.2) is 41.7 Å². The second-order valence-corrected chi connectivity index (χ2v) is 11.7. The molecule has 1 amide bonds. The Morgan fingerprint density at radius 3 is 2.44 bits per heavy atom. The molecule has 0 saturated carbocycles. The average Bonchev–Trinajstić information content (AvgIpc) is 3.00. The van der Waals surface area contributed by atoms with Crippen molar-refractivity contribution < 1.29 is 4.79 Å². The summed E-state index contributed by atoms with van der Waals surface area (Å²) in [4.78, 5) is 42.5. The van der Waals surface area contributed by atoms with E-state index in [2.05, 4.69) is 55.3 Å². The Hall–Kier alpha value is -3.39. The molecule has 4 heterocycles. The summed E-state index contributed by atoms with van der Waals surface area (Å²) in [5.41, 5.74) is 3.24. The minimum absolute atomic E-state index is 0.0569. The SMILES string of the molecule is C=CC(=O)N1CCN(c2nc(=O)n(-c3c(CC)cccc3CC)c3nc(N4CCCC(CC)C4)c(Cl)cc23)C(C)C1. The van der Waals surface area contributed by atoms with E-state index in [9.17, 15) is 9.59 Å². The van der Waals surface area contributed by atoms with E-state index in [4.69, 9.17) is 21.6 Å². The fourth-order valence-corrected chi connectivity index (χ4v) is 6.70. The zero-order valence-electron chi connectivity index (χ0n) is 24.7. The number of nitrogens with zero attached hydrogens (tertiary/aromatic N) is 6. The van der Waals surface area contributed by atoms with Gasteiger partial charge in [0.1, 0.15) is 11.6 Å². The van der Waals surface area contributed by atoms with Crippen LogP contribution < -0.4 is 15.5 Å². The van der Waals surface area contributed by atoms with E-state index in [1.165, 1.54) is 12.5 Å². The number of piperazine rings is 1. The van der Waals surface area contributed by atoms with Gasteiger partial charge in [0.25, 0.3) is 0 Å². The number of hydrogen-bond acceptors (Lipinski definition) is 6. The van der Waals surface area contributed by atoms with Crippen molar-refractivity contribution in [2.24, 2.45) is 5.92 Å². The fourth-order valence-electron chi connectivity index (χ4n) is 6.43. The van der Waals surface area contributed by atoms with Crippen LogP contribution in [0.2, 0.25) is 5.02 Å². The highest BCUT2D eigenvalue weighted by Crippen LogP contribution is 2.36. The number of fused-ring (bicyclic) bond motifs is 1. The Morgan fingerprint density at radius 1 is 1.07 bits per heavy atom. The van der Waals surface area contributed by atoms with Crippen molar-refractivity contribution in [1.82, 2.24) is 19.4 Å². The summed E-state index contributed by atoms with van der Waals surface area (Å²) in [6.45, 7) is 15.5. The van der Waals surface area contributed by atoms with Crippen molar-refractivity contribution in [2.75, 3.05) is 42.5 Å². The number of rotatable bonds is 7. The number of piperidine rings is 1. The maximum atomic E-state index is 14.1. The standard InChI is InChI=1S/C32H41ClN6O2/c1-6-22-12-11-15-37(20-22)31-26(33)18-25-29(38-17-16-36(19-21(38)5)27(40)9-4)35-32(41)39(30(25)34-31)28-23(7-2)13-10-14-24(28)8-3/h9-10,13-14,18,21-22H,4,6-8,11-12,15-17,19-20H2,1-3,5H3. The molecule has 2 aromatic heterocycles. The van der Waals surface area contributed by atoms with Crippen molar-refractivity contribution in [3.63, 3.8) is 0 Å². The van der Waals surface area contributed by atoms with E-state index in [-0.39, 0.29) is 17.6 Å². The van der Waals surface area contributed by atoms with Gasteiger partial charge in [0.2, 0.25) is 5.91 Å². The van der Waals surface area contributed by atoms with E-state index in [0.29, 0.717) is 42.0 Å². The Kier molecular flexibility index (Phi) is 8.68. The molecule has 0 spiro atoms. The lowest BCUT2D eigenvalue weighted by Crippen LogP contribution is -2.54. The zero-order chi connectivity index (χ0) is 29.3. The molecule has 2 saturated heterocycles. The number of aromatic nitrogens is 3. The van der Waals surface area contributed by atoms with E-state index in [1.807, 2.05) is 13.0 Å². The highest BCUT2D eigenvalue weighted by atomic mass is 35.5. The van der Waals surface area contributed by atoms with Crippen molar-refractivity contribution in [3.05, 3.63) is 63.6 Å². The Bertz CT molecular complexity index is 1500. The van der Waals surface area contributed by atoms with Crippen LogP contribution in [0.1, 0.15) is 58.1 Å². The quantitative estimate of drug-likeness (QED) is 0.350. The van der Waals surface area contributed by atoms with Gasteiger partial charge < -0.3 is 14.7 Å². The summed E-state index contributed by atoms with van der Waals surface area (Å²) in [5, 5.41) is 1.31. The first-order valence-corrected chi connectivity index (χ1v) is 15.4. The van der Waals surface area contributed by atoms with Crippen LogP contribution in [0.5, 0.6) is 0 Å². The lowest BCUT2D eigenvalue weighted by molar-refractivity contribution is -0.126. The summed E-state index contributed by atoms with van der Waals surface area (Å²) in [5.74, 6) is 1.80. The molecule has 0 bridgehead atoms. The molecule has 0 radical (unpaired) electrons. The third-order valence-corrected chi connectivity index (χ3v) is 9.03. The first-order chi connectivity index (χ1) is 19.8. The molecule has 2 aliphatic rings. The van der Waals surface area contributed by atoms with Crippen LogP contribution in [0.25, 0.3) is 16.7 Å². The molecule has 9 heteroatoms. The molecule has 1 aromatic carbocycles. The summed E-state index contributed by atoms with van der Waals surface area (Å²) >= 11 is 7.01. The van der Waals surface area contributed by atoms with Gasteiger partial charge in [-0.2, -0.15) is 4.98 Å². The minimum Gasteiger partial charge on any atom is -0.355 e. The molecule has 5 rings (SSSR count). The molecule has 2 atom stereocenters. The second-order valence-electron chi connectivity index (χ2n) is 11.2. The topological polar surface area (TPSA) is 74.6 Å². The average molecular weight is 577 g/mol. The largest absolute Gasteiger partial charge is 0.355 e. The second kappa shape index (κ2) is 12.2. The van der Waals surface area contributed by atoms with Crippen LogP contribution in [-0.2, 0) is 17.6 Å². The number of aryl methyl sites for hydroxylation is 2. The van der Waals surface area contributed by atoms with Crippen molar-refractivity contribution >= 4 is 40.2 Å². The van der Waals surface area contributed by atoms with Gasteiger partial charge in [0.15, 0.2) is 5.65 Å². The molecular formula is C32H41ClN6O2. The molecule has 2 unspecified atom stereocenters. The molecule has 0 aliphatic carbocycles. The van der Waals surface area contributed by atoms with Crippen LogP contribution in [0, 0.1) is 5.92 Å². The lowest BCUT2D eigenvalue weighted by atomic mass is 9.96. The predicted molar refractivity (Wildman–Crippen MR) is 168 cm³/mol. The predicted octanol–water partition coefficient (Wildman–Crippen LogP) is 5.41. The first-order valence-electron chi connectivity index (χ1n) is 15.0. The van der Waals surface area contributed by atoms with Gasteiger partial charge in [-0.05, 0) is 61.8 Å². The van der Waals surface area contributed by atoms with Gasteiger partial charge >= 0.3 is 5.69 Å². The summed E-state index contributed by atoms with van der Waals surface area (Å²) in [6, 6.07) is 8.09. The van der Waals surface area contributed by atoms with Gasteiger partial charge in [0.05, 0.1) is 16.1 Å². The first kappa shape index (κ1) is 29.1. The highest BCUT2D eigenvalue weighted by molar-refractivity contribution is 6.33. The van der Waals surface area contributed by atoms with Crippen LogP contribution in [0.3, 0.4) is 0 Å². The molecule has 8 nitrogen and oxygen atoms in total. The molecule has 3 aromatic rings. The fraction of sp³-hybridized carbons (Fsp3) is 0.500. The number of carbonyl (C=O) groups excluding carboxylic acids is 1. The van der Waals surface area contributed by atoms with Gasteiger partial charge in [-0.3, -0.25) is 4.79 Å². The van der Waals surface area contributed by atoms with Crippen molar-refractivity contribution in [2.45, 2.75) is 65.8 Å². The van der Waals surface area contributed by atoms with Gasteiger partial charge in [-0.1, -0.05) is 63.6 Å². The lowest BCUT2D eigenvalue weighted by Gasteiger charge is -2.40. The zero-order valence-corrected chi connectivity index (χ0v) is 25.5. The normalized spacial score (nSPS) is 19.6. The number of hydrogen-bond donors (Lipinski definition) is 0. The number of pyridine rings is 1. The maximum absolute atomic E-state index is 14.1. The summed E-state index contributed by atoms with van der Waals surface area (Å²) in [7, 11) is 0. The number of benzene rings is 1. The number of halogens is 1. The molecule has 0 N–H and O–H groups in total. The molecule has 2 fully saturated rings. The number of carbonyl (C=O) groups is 1. The van der Waals surface area contributed by atoms with E-state index in [0.717, 1.165) is 66.8 Å². The Morgan fingerprint density at radius 2 is 1.80 bits per heavy atom. The maximum Gasteiger partial charge on any atom is 0.355 e. The molecular weight excluding hydrogens is 536 g/mol. The highest BCUT2D eigenvalue weighted by Gasteiger charge is 2.31. The monoisotopic (exact) mass is 576 g/mol. The minimum atomic E-state index is -0.356. The van der Waals surface area contributed by atoms with Gasteiger partial charge in [-0.25, -0.2) is 14.3 Å². The van der Waals surface area contributed by atoms with Crippen molar-refractivity contribution in [3.8, 4) is 5.69 Å². The summed E-state index contributed by atoms with van der Waals surface area (Å²) < 4.78 is 1.71. The molecule has 41 heavy (non-hydrogen) atoms. The summed E-state index contributed by atoms with van der Waals surface area (Å²) in [6.07, 6.45) is 6.32. The third-order valence-electron chi connectivity index (χ3n) is 8.75. The van der Waals surface area contributed by atoms with Crippen molar-refractivity contribution in [1.29, 1.82) is 0 Å². The van der Waals surface area contributed by atoms with Gasteiger partial charge in [0, 0.05) is 38.8 Å². The smallest absolute Gasteiger partial charge is 0.355 e. The van der Waals surface area contributed by atoms with E-state index < -0.39 is 0 Å². The molecule has 2 aliphatic heterocycles. The van der Waals surface area contributed by atoms with Crippen LogP contribution in [-0.4, -0.2) is 64.1 Å². The number of para-hydroxylation sites is 1. The third kappa shape index (κ3) is 5.46. The van der Waals surface area contributed by atoms with Gasteiger partial charge in [-0.15, -0.1) is 0 Å². The van der Waals surface area contributed by atoms with E-state index in [1.54, 1.807) is 9.47 Å². The Balaban J connectivity index is 1.74. The van der Waals surface area contributed by atoms with E-state index >= 15 is 0 Å². The number of anilines is 2. The van der Waals surface area contributed by atoms with Crippen LogP contribution >= 0.6 is 11.6 Å².